The van der Waals surface area contributed by atoms with Crippen LogP contribution < -0.4 is 5.32 Å². The number of hydrogen-bond donors (Lipinski definition) is 1. The lowest BCUT2D eigenvalue weighted by molar-refractivity contribution is -0.118. The van der Waals surface area contributed by atoms with Gasteiger partial charge in [-0.25, -0.2) is 0 Å². The van der Waals surface area contributed by atoms with Gasteiger partial charge in [0.15, 0.2) is 10.9 Å². The second-order valence-corrected chi connectivity index (χ2v) is 7.16. The number of methoxy groups -OCH3 is 1. The molecule has 0 saturated carbocycles. The third kappa shape index (κ3) is 5.96. The number of amides is 1. The summed E-state index contributed by atoms with van der Waals surface area (Å²) in [6, 6.07) is 7.51. The maximum atomic E-state index is 12.7. The van der Waals surface area contributed by atoms with E-state index < -0.39 is 0 Å². The van der Waals surface area contributed by atoms with Crippen LogP contribution in [0.5, 0.6) is 0 Å². The average Bonchev–Trinajstić information content (AvgIpc) is 3.06. The van der Waals surface area contributed by atoms with Crippen LogP contribution in [-0.4, -0.2) is 52.0 Å². The summed E-state index contributed by atoms with van der Waals surface area (Å²) in [5, 5.41) is 11.2. The van der Waals surface area contributed by atoms with Gasteiger partial charge in [0.05, 0.1) is 11.9 Å². The summed E-state index contributed by atoms with van der Waals surface area (Å²) < 4.78 is 6.95. The number of hydrogen-bond acceptors (Lipinski definition) is 6. The second-order valence-electron chi connectivity index (χ2n) is 5.85. The molecule has 0 radical (unpaired) electrons. The quantitative estimate of drug-likeness (QED) is 0.504. The molecular formula is C18H24N4O3S. The molecule has 26 heavy (non-hydrogen) atoms. The molecule has 0 fully saturated rings. The van der Waals surface area contributed by atoms with Crippen molar-refractivity contribution >= 4 is 23.5 Å². The molecule has 2 aromatic rings. The van der Waals surface area contributed by atoms with Gasteiger partial charge < -0.3 is 14.6 Å². The van der Waals surface area contributed by atoms with Crippen LogP contribution in [0.3, 0.4) is 0 Å². The molecule has 0 unspecified atom stereocenters. The smallest absolute Gasteiger partial charge is 0.216 e. The molecule has 8 heteroatoms. The molecule has 1 N–H and O–H groups in total. The van der Waals surface area contributed by atoms with Crippen molar-refractivity contribution in [3.05, 3.63) is 41.7 Å². The van der Waals surface area contributed by atoms with Crippen LogP contribution in [0.4, 0.5) is 0 Å². The van der Waals surface area contributed by atoms with Crippen molar-refractivity contribution in [3.63, 3.8) is 0 Å². The Kier molecular flexibility index (Phi) is 7.80. The first-order valence-corrected chi connectivity index (χ1v) is 9.30. The minimum Gasteiger partial charge on any atom is -0.383 e. The Hall–Kier alpha value is -2.19. The van der Waals surface area contributed by atoms with Crippen molar-refractivity contribution < 1.29 is 14.3 Å². The number of aromatic nitrogens is 3. The maximum Gasteiger partial charge on any atom is 0.216 e. The number of carbonyl (C=O) groups is 2. The summed E-state index contributed by atoms with van der Waals surface area (Å²) in [5.41, 5.74) is 1.74. The molecular weight excluding hydrogens is 352 g/mol. The zero-order valence-corrected chi connectivity index (χ0v) is 16.1. The number of nitrogens with zero attached hydrogens (tertiary/aromatic N) is 3. The van der Waals surface area contributed by atoms with Crippen molar-refractivity contribution in [2.75, 3.05) is 20.3 Å². The first-order valence-electron chi connectivity index (χ1n) is 8.42. The van der Waals surface area contributed by atoms with Crippen LogP contribution in [0.25, 0.3) is 0 Å². The number of Topliss-reactive ketones (excluding diaryl/α,β-unsaturated/α-hetero) is 1. The van der Waals surface area contributed by atoms with Gasteiger partial charge in [-0.1, -0.05) is 36.0 Å². The molecule has 0 aliphatic rings. The van der Waals surface area contributed by atoms with Crippen LogP contribution in [0.15, 0.2) is 35.7 Å². The predicted octanol–water partition coefficient (Wildman–Crippen LogP) is 1.97. The summed E-state index contributed by atoms with van der Waals surface area (Å²) >= 11 is 1.39. The first-order chi connectivity index (χ1) is 12.5. The summed E-state index contributed by atoms with van der Waals surface area (Å²) in [6.07, 6.45) is 2.38. The molecule has 0 bridgehead atoms. The largest absolute Gasteiger partial charge is 0.383 e. The lowest BCUT2D eigenvalue weighted by atomic mass is 10.0. The average molecular weight is 376 g/mol. The number of nitrogens with one attached hydrogen (secondary N) is 1. The predicted molar refractivity (Wildman–Crippen MR) is 100 cm³/mol. The first kappa shape index (κ1) is 20.1. The number of ketones is 1. The summed E-state index contributed by atoms with van der Waals surface area (Å²) in [7, 11) is 1.64. The third-order valence-electron chi connectivity index (χ3n) is 3.79. The Morgan fingerprint density at radius 1 is 1.31 bits per heavy atom. The molecule has 0 spiro atoms. The summed E-state index contributed by atoms with van der Waals surface area (Å²) in [6.45, 7) is 5.17. The van der Waals surface area contributed by atoms with Gasteiger partial charge in [0.25, 0.3) is 0 Å². The Labute approximate surface area is 157 Å². The van der Waals surface area contributed by atoms with E-state index in [4.69, 9.17) is 4.74 Å². The van der Waals surface area contributed by atoms with Crippen molar-refractivity contribution in [3.8, 4) is 0 Å². The Balaban J connectivity index is 1.93. The zero-order valence-electron chi connectivity index (χ0n) is 15.3. The highest BCUT2D eigenvalue weighted by molar-refractivity contribution is 8.00. The molecule has 1 aromatic heterocycles. The monoisotopic (exact) mass is 376 g/mol. The normalized spacial score (nSPS) is 12.0. The van der Waals surface area contributed by atoms with Crippen molar-refractivity contribution in [1.29, 1.82) is 0 Å². The number of rotatable bonds is 10. The van der Waals surface area contributed by atoms with Crippen LogP contribution in [0, 0.1) is 0 Å². The Morgan fingerprint density at radius 3 is 2.69 bits per heavy atom. The highest BCUT2D eigenvalue weighted by Gasteiger charge is 2.19. The van der Waals surface area contributed by atoms with Crippen molar-refractivity contribution in [2.45, 2.75) is 37.2 Å². The lowest BCUT2D eigenvalue weighted by Crippen LogP contribution is -2.22. The van der Waals surface area contributed by atoms with E-state index in [9.17, 15) is 9.59 Å². The Bertz CT molecular complexity index is 730. The highest BCUT2D eigenvalue weighted by Crippen LogP contribution is 2.24. The van der Waals surface area contributed by atoms with Gasteiger partial charge in [0.2, 0.25) is 5.91 Å². The van der Waals surface area contributed by atoms with Crippen LogP contribution in [0.1, 0.15) is 29.8 Å². The minimum atomic E-state index is -0.272. The van der Waals surface area contributed by atoms with Gasteiger partial charge in [0, 0.05) is 32.7 Å². The molecule has 140 valence electrons. The maximum absolute atomic E-state index is 12.7. The molecule has 2 rings (SSSR count). The van der Waals surface area contributed by atoms with Crippen LogP contribution in [0.2, 0.25) is 0 Å². The minimum absolute atomic E-state index is 0.0407. The fraction of sp³-hybridized carbons (Fsp3) is 0.444. The van der Waals surface area contributed by atoms with Gasteiger partial charge in [-0.15, -0.1) is 10.2 Å². The van der Waals surface area contributed by atoms with E-state index in [1.54, 1.807) is 13.4 Å². The van der Waals surface area contributed by atoms with Crippen LogP contribution in [-0.2, 0) is 22.5 Å². The topological polar surface area (TPSA) is 86.1 Å². The molecule has 0 aliphatic carbocycles. The van der Waals surface area contributed by atoms with Crippen LogP contribution >= 0.6 is 11.8 Å². The lowest BCUT2D eigenvalue weighted by Gasteiger charge is -2.11. The van der Waals surface area contributed by atoms with E-state index in [1.165, 1.54) is 18.7 Å². The van der Waals surface area contributed by atoms with Gasteiger partial charge in [0.1, 0.15) is 6.33 Å². The molecule has 1 aromatic carbocycles. The standard InChI is InChI=1S/C18H24N4O3S/c1-13(26-18-21-20-12-22(18)10-11-25-3)17(24)16-6-4-15(5-7-16)8-9-19-14(2)23/h4-7,12-13H,8-11H2,1-3H3,(H,19,23)/t13-/m1/s1. The number of carbonyl (C=O) groups excluding carboxylic acids is 2. The van der Waals surface area contributed by atoms with Gasteiger partial charge in [-0.3, -0.25) is 9.59 Å². The fourth-order valence-corrected chi connectivity index (χ4v) is 3.27. The summed E-state index contributed by atoms with van der Waals surface area (Å²) in [5.74, 6) is 0.00528. The molecule has 7 nitrogen and oxygen atoms in total. The molecule has 0 saturated heterocycles. The molecule has 0 aliphatic heterocycles. The van der Waals surface area contributed by atoms with E-state index >= 15 is 0 Å². The van der Waals surface area contributed by atoms with E-state index in [0.29, 0.717) is 30.4 Å². The number of benzene rings is 1. The molecule has 1 heterocycles. The van der Waals surface area contributed by atoms with E-state index in [2.05, 4.69) is 15.5 Å². The van der Waals surface area contributed by atoms with E-state index in [1.807, 2.05) is 35.8 Å². The third-order valence-corrected chi connectivity index (χ3v) is 4.89. The molecule has 1 atom stereocenters. The zero-order chi connectivity index (χ0) is 18.9. The fourth-order valence-electron chi connectivity index (χ4n) is 2.34. The highest BCUT2D eigenvalue weighted by atomic mass is 32.2. The van der Waals surface area contributed by atoms with Crippen molar-refractivity contribution in [1.82, 2.24) is 20.1 Å². The summed E-state index contributed by atoms with van der Waals surface area (Å²) in [4.78, 5) is 23.5. The second kappa shape index (κ2) is 10.1. The van der Waals surface area contributed by atoms with Gasteiger partial charge in [-0.05, 0) is 18.9 Å². The SMILES string of the molecule is COCCn1cnnc1S[C@H](C)C(=O)c1ccc(CCNC(C)=O)cc1. The molecule has 1 amide bonds. The van der Waals surface area contributed by atoms with Crippen molar-refractivity contribution in [2.24, 2.45) is 0 Å². The van der Waals surface area contributed by atoms with E-state index in [0.717, 1.165) is 12.0 Å². The Morgan fingerprint density at radius 2 is 2.04 bits per heavy atom. The number of ether oxygens (including phenoxy) is 1. The number of thioether (sulfide) groups is 1. The van der Waals surface area contributed by atoms with Gasteiger partial charge in [-0.2, -0.15) is 0 Å². The van der Waals surface area contributed by atoms with E-state index in [-0.39, 0.29) is 16.9 Å². The van der Waals surface area contributed by atoms with Gasteiger partial charge >= 0.3 is 0 Å².